The van der Waals surface area contributed by atoms with Gasteiger partial charge in [0, 0.05) is 16.1 Å². The predicted molar refractivity (Wildman–Crippen MR) is 120 cm³/mol. The minimum absolute atomic E-state index is 0.140. The van der Waals surface area contributed by atoms with Crippen molar-refractivity contribution in [2.75, 3.05) is 5.73 Å². The first-order chi connectivity index (χ1) is 15.0. The molecule has 31 heavy (non-hydrogen) atoms. The van der Waals surface area contributed by atoms with Crippen LogP contribution in [0.1, 0.15) is 26.6 Å². The first-order valence-electron chi connectivity index (χ1n) is 9.39. The smallest absolute Gasteiger partial charge is 0.263 e. The van der Waals surface area contributed by atoms with Crippen LogP contribution in [0, 0.1) is 6.92 Å². The summed E-state index contributed by atoms with van der Waals surface area (Å²) >= 11 is 7.70. The van der Waals surface area contributed by atoms with Gasteiger partial charge in [-0.2, -0.15) is 0 Å². The molecule has 0 spiro atoms. The van der Waals surface area contributed by atoms with Gasteiger partial charge in [0.15, 0.2) is 11.5 Å². The Morgan fingerprint density at radius 2 is 2.13 bits per heavy atom. The van der Waals surface area contributed by atoms with Gasteiger partial charge < -0.3 is 20.6 Å². The van der Waals surface area contributed by atoms with Crippen LogP contribution in [0.25, 0.3) is 22.1 Å². The molecule has 0 aliphatic rings. The first-order valence-corrected chi connectivity index (χ1v) is 10.6. The standard InChI is InChI=1S/C20H17ClN8OS/c1-10-17(31-9-27-10)20(30)23-5-14-4-11-2-13(21)3-12(15(11)28-14)6-29-8-26-16-18(22)24-7-25-19(16)29/h2-4,7-9,28H,5-6H2,1H3,(H,23,30)(H2,22,24,25). The number of nitrogens with two attached hydrogens (primary N) is 1. The monoisotopic (exact) mass is 452 g/mol. The first kappa shape index (κ1) is 19.5. The van der Waals surface area contributed by atoms with Gasteiger partial charge in [0.1, 0.15) is 16.7 Å². The largest absolute Gasteiger partial charge is 0.382 e. The molecule has 4 aromatic heterocycles. The van der Waals surface area contributed by atoms with Gasteiger partial charge in [-0.15, -0.1) is 11.3 Å². The number of nitrogen functional groups attached to an aromatic ring is 1. The summed E-state index contributed by atoms with van der Waals surface area (Å²) < 4.78 is 1.90. The van der Waals surface area contributed by atoms with Crippen molar-refractivity contribution in [1.82, 2.24) is 34.8 Å². The van der Waals surface area contributed by atoms with Gasteiger partial charge in [-0.1, -0.05) is 11.6 Å². The lowest BCUT2D eigenvalue weighted by Gasteiger charge is -2.07. The molecule has 156 valence electrons. The van der Waals surface area contributed by atoms with Crippen molar-refractivity contribution >= 4 is 56.7 Å². The number of anilines is 1. The van der Waals surface area contributed by atoms with Crippen molar-refractivity contribution in [3.05, 3.63) is 63.2 Å². The average Bonchev–Trinajstić information content (AvgIpc) is 3.45. The Morgan fingerprint density at radius 3 is 2.94 bits per heavy atom. The SMILES string of the molecule is Cc1ncsc1C(=O)NCc1cc2cc(Cl)cc(Cn3cnc4c(N)ncnc43)c2[nH]1. The molecule has 0 aliphatic heterocycles. The number of H-pyrrole nitrogens is 1. The Morgan fingerprint density at radius 1 is 1.26 bits per heavy atom. The van der Waals surface area contributed by atoms with E-state index in [0.717, 1.165) is 27.9 Å². The van der Waals surface area contributed by atoms with E-state index in [1.165, 1.54) is 17.7 Å². The summed E-state index contributed by atoms with van der Waals surface area (Å²) in [5.74, 6) is 0.202. The molecule has 1 amide bonds. The number of fused-ring (bicyclic) bond motifs is 2. The van der Waals surface area contributed by atoms with Crippen LogP contribution in [0.2, 0.25) is 5.02 Å². The Hall–Kier alpha value is -3.50. The van der Waals surface area contributed by atoms with Crippen LogP contribution in [-0.2, 0) is 13.1 Å². The van der Waals surface area contributed by atoms with E-state index in [9.17, 15) is 4.79 Å². The second-order valence-corrected chi connectivity index (χ2v) is 8.37. The Kier molecular flexibility index (Phi) is 4.79. The molecule has 0 radical (unpaired) electrons. The second kappa shape index (κ2) is 7.64. The zero-order valence-electron chi connectivity index (χ0n) is 16.4. The molecule has 4 heterocycles. The number of halogens is 1. The number of amides is 1. The van der Waals surface area contributed by atoms with Crippen LogP contribution >= 0.6 is 22.9 Å². The molecular formula is C20H17ClN8OS. The molecule has 5 rings (SSSR count). The third-order valence-corrected chi connectivity index (χ3v) is 6.14. The summed E-state index contributed by atoms with van der Waals surface area (Å²) in [4.78, 5) is 33.1. The number of carbonyl (C=O) groups is 1. The summed E-state index contributed by atoms with van der Waals surface area (Å²) in [6, 6.07) is 5.78. The van der Waals surface area contributed by atoms with Crippen LogP contribution < -0.4 is 11.1 Å². The number of thiazole rings is 1. The number of benzene rings is 1. The van der Waals surface area contributed by atoms with Gasteiger partial charge in [0.2, 0.25) is 0 Å². The molecule has 9 nitrogen and oxygen atoms in total. The van der Waals surface area contributed by atoms with Gasteiger partial charge in [-0.25, -0.2) is 19.9 Å². The van der Waals surface area contributed by atoms with Crippen molar-refractivity contribution < 1.29 is 4.79 Å². The Labute approximate surface area is 185 Å². The van der Waals surface area contributed by atoms with Crippen molar-refractivity contribution in [2.45, 2.75) is 20.0 Å². The molecular weight excluding hydrogens is 436 g/mol. The van der Waals surface area contributed by atoms with E-state index in [-0.39, 0.29) is 5.91 Å². The van der Waals surface area contributed by atoms with Gasteiger partial charge in [0.25, 0.3) is 5.91 Å². The zero-order chi connectivity index (χ0) is 21.5. The quantitative estimate of drug-likeness (QED) is 0.375. The summed E-state index contributed by atoms with van der Waals surface area (Å²) in [5.41, 5.74) is 12.3. The molecule has 5 aromatic rings. The minimum Gasteiger partial charge on any atom is -0.382 e. The number of aryl methyl sites for hydroxylation is 1. The molecule has 0 aliphatic carbocycles. The molecule has 0 atom stereocenters. The van der Waals surface area contributed by atoms with Gasteiger partial charge in [-0.05, 0) is 30.7 Å². The van der Waals surface area contributed by atoms with Gasteiger partial charge in [-0.3, -0.25) is 4.79 Å². The van der Waals surface area contributed by atoms with E-state index < -0.39 is 0 Å². The molecule has 4 N–H and O–H groups in total. The van der Waals surface area contributed by atoms with Crippen LogP contribution in [0.4, 0.5) is 5.82 Å². The van der Waals surface area contributed by atoms with E-state index >= 15 is 0 Å². The lowest BCUT2D eigenvalue weighted by Crippen LogP contribution is -2.22. The third kappa shape index (κ3) is 3.60. The molecule has 0 saturated heterocycles. The fraction of sp³-hybridized carbons (Fsp3) is 0.150. The number of hydrogen-bond donors (Lipinski definition) is 3. The van der Waals surface area contributed by atoms with E-state index in [1.807, 2.05) is 29.7 Å². The molecule has 0 unspecified atom stereocenters. The van der Waals surface area contributed by atoms with Crippen LogP contribution in [-0.4, -0.2) is 35.4 Å². The molecule has 11 heteroatoms. The third-order valence-electron chi connectivity index (χ3n) is 4.99. The van der Waals surface area contributed by atoms with Crippen LogP contribution in [0.15, 0.2) is 36.4 Å². The predicted octanol–water partition coefficient (Wildman–Crippen LogP) is 3.29. The van der Waals surface area contributed by atoms with Crippen molar-refractivity contribution in [3.8, 4) is 0 Å². The van der Waals surface area contributed by atoms with E-state index in [4.69, 9.17) is 17.3 Å². The highest BCUT2D eigenvalue weighted by Gasteiger charge is 2.14. The number of hydrogen-bond acceptors (Lipinski definition) is 7. The van der Waals surface area contributed by atoms with Gasteiger partial charge >= 0.3 is 0 Å². The minimum atomic E-state index is -0.140. The van der Waals surface area contributed by atoms with E-state index in [0.29, 0.717) is 40.0 Å². The zero-order valence-corrected chi connectivity index (χ0v) is 18.0. The maximum absolute atomic E-state index is 12.4. The number of carbonyl (C=O) groups excluding carboxylic acids is 1. The summed E-state index contributed by atoms with van der Waals surface area (Å²) in [6.45, 7) is 2.68. The lowest BCUT2D eigenvalue weighted by molar-refractivity contribution is 0.0953. The molecule has 1 aromatic carbocycles. The highest BCUT2D eigenvalue weighted by Crippen LogP contribution is 2.27. The molecule has 0 fully saturated rings. The maximum Gasteiger partial charge on any atom is 0.263 e. The summed E-state index contributed by atoms with van der Waals surface area (Å²) in [7, 11) is 0. The van der Waals surface area contributed by atoms with E-state index in [2.05, 4.69) is 30.2 Å². The number of aromatic amines is 1. The number of nitrogens with one attached hydrogen (secondary N) is 2. The topological polar surface area (TPSA) is 127 Å². The normalized spacial score (nSPS) is 11.4. The summed E-state index contributed by atoms with van der Waals surface area (Å²) in [5, 5.41) is 4.51. The fourth-order valence-corrected chi connectivity index (χ4v) is 4.50. The molecule has 0 bridgehead atoms. The van der Waals surface area contributed by atoms with Crippen LogP contribution in [0.3, 0.4) is 0 Å². The van der Waals surface area contributed by atoms with Crippen molar-refractivity contribution in [3.63, 3.8) is 0 Å². The number of nitrogens with zero attached hydrogens (tertiary/aromatic N) is 5. The highest BCUT2D eigenvalue weighted by atomic mass is 35.5. The Balaban J connectivity index is 1.44. The van der Waals surface area contributed by atoms with Crippen LogP contribution in [0.5, 0.6) is 0 Å². The average molecular weight is 453 g/mol. The van der Waals surface area contributed by atoms with Crippen molar-refractivity contribution in [2.24, 2.45) is 0 Å². The van der Waals surface area contributed by atoms with Gasteiger partial charge in [0.05, 0.1) is 36.1 Å². The maximum atomic E-state index is 12.4. The van der Waals surface area contributed by atoms with Crippen molar-refractivity contribution in [1.29, 1.82) is 0 Å². The highest BCUT2D eigenvalue weighted by molar-refractivity contribution is 7.11. The molecule has 0 saturated carbocycles. The lowest BCUT2D eigenvalue weighted by atomic mass is 10.1. The Bertz CT molecular complexity index is 1440. The number of imidazole rings is 1. The number of rotatable bonds is 5. The summed E-state index contributed by atoms with van der Waals surface area (Å²) in [6.07, 6.45) is 3.10. The number of aromatic nitrogens is 6. The second-order valence-electron chi connectivity index (χ2n) is 7.08. The fourth-order valence-electron chi connectivity index (χ4n) is 3.53. The van der Waals surface area contributed by atoms with E-state index in [1.54, 1.807) is 11.8 Å².